The Kier molecular flexibility index (Phi) is 6.81. The predicted molar refractivity (Wildman–Crippen MR) is 78.4 cm³/mol. The summed E-state index contributed by atoms with van der Waals surface area (Å²) in [5.41, 5.74) is 2.67. The highest BCUT2D eigenvalue weighted by molar-refractivity contribution is 5.37. The maximum atomic E-state index is 5.69. The molecule has 1 aromatic rings. The van der Waals surface area contributed by atoms with Crippen LogP contribution in [-0.2, 0) is 6.42 Å². The number of ether oxygens (including phenoxy) is 1. The molecule has 0 aromatic heterocycles. The van der Waals surface area contributed by atoms with Gasteiger partial charge in [0.05, 0.1) is 6.61 Å². The van der Waals surface area contributed by atoms with Crippen LogP contribution in [0.3, 0.4) is 0 Å². The van der Waals surface area contributed by atoms with Gasteiger partial charge in [-0.2, -0.15) is 0 Å². The predicted octanol–water partition coefficient (Wildman–Crippen LogP) is 3.57. The van der Waals surface area contributed by atoms with E-state index >= 15 is 0 Å². The Bertz CT molecular complexity index is 349. The number of hydrogen-bond donors (Lipinski definition) is 1. The van der Waals surface area contributed by atoms with Gasteiger partial charge in [0.2, 0.25) is 0 Å². The molecule has 0 radical (unpaired) electrons. The molecule has 0 aliphatic rings. The van der Waals surface area contributed by atoms with Gasteiger partial charge in [0.1, 0.15) is 5.75 Å². The summed E-state index contributed by atoms with van der Waals surface area (Å²) in [4.78, 5) is 0. The van der Waals surface area contributed by atoms with E-state index in [4.69, 9.17) is 4.74 Å². The Morgan fingerprint density at radius 2 is 2.06 bits per heavy atom. The van der Waals surface area contributed by atoms with Crippen LogP contribution in [-0.4, -0.2) is 20.2 Å². The van der Waals surface area contributed by atoms with Gasteiger partial charge in [-0.15, -0.1) is 0 Å². The summed E-state index contributed by atoms with van der Waals surface area (Å²) in [6.45, 7) is 8.36. The van der Waals surface area contributed by atoms with Gasteiger partial charge in [-0.05, 0) is 64.3 Å². The Hall–Kier alpha value is -1.02. The molecular weight excluding hydrogens is 222 g/mol. The van der Waals surface area contributed by atoms with Crippen molar-refractivity contribution in [3.05, 3.63) is 29.3 Å². The fraction of sp³-hybridized carbons (Fsp3) is 0.625. The second-order valence-corrected chi connectivity index (χ2v) is 5.08. The van der Waals surface area contributed by atoms with Crippen LogP contribution in [0.1, 0.15) is 37.8 Å². The summed E-state index contributed by atoms with van der Waals surface area (Å²) in [6, 6.07) is 6.49. The van der Waals surface area contributed by atoms with Gasteiger partial charge >= 0.3 is 0 Å². The van der Waals surface area contributed by atoms with Crippen molar-refractivity contribution in [3.63, 3.8) is 0 Å². The molecule has 1 aromatic carbocycles. The largest absolute Gasteiger partial charge is 0.494 e. The first kappa shape index (κ1) is 15.0. The molecule has 0 saturated carbocycles. The Morgan fingerprint density at radius 1 is 1.28 bits per heavy atom. The number of benzene rings is 1. The molecule has 1 unspecified atom stereocenters. The van der Waals surface area contributed by atoms with Gasteiger partial charge < -0.3 is 10.1 Å². The van der Waals surface area contributed by atoms with Gasteiger partial charge in [-0.25, -0.2) is 0 Å². The summed E-state index contributed by atoms with van der Waals surface area (Å²) in [5, 5.41) is 3.21. The summed E-state index contributed by atoms with van der Waals surface area (Å²) >= 11 is 0. The summed E-state index contributed by atoms with van der Waals surface area (Å²) in [5.74, 6) is 1.82. The third-order valence-corrected chi connectivity index (χ3v) is 3.31. The quantitative estimate of drug-likeness (QED) is 0.760. The second kappa shape index (κ2) is 8.15. The van der Waals surface area contributed by atoms with Crippen molar-refractivity contribution in [1.82, 2.24) is 5.32 Å². The van der Waals surface area contributed by atoms with E-state index in [0.717, 1.165) is 31.2 Å². The zero-order chi connectivity index (χ0) is 13.4. The minimum Gasteiger partial charge on any atom is -0.494 e. The van der Waals surface area contributed by atoms with Crippen LogP contribution >= 0.6 is 0 Å². The molecule has 0 aliphatic carbocycles. The van der Waals surface area contributed by atoms with E-state index in [1.807, 2.05) is 14.0 Å². The van der Waals surface area contributed by atoms with Crippen molar-refractivity contribution in [2.24, 2.45) is 5.92 Å². The van der Waals surface area contributed by atoms with Crippen LogP contribution in [0.5, 0.6) is 5.75 Å². The van der Waals surface area contributed by atoms with E-state index < -0.39 is 0 Å². The van der Waals surface area contributed by atoms with E-state index in [-0.39, 0.29) is 0 Å². The molecule has 0 saturated heterocycles. The van der Waals surface area contributed by atoms with E-state index in [2.05, 4.69) is 37.4 Å². The third kappa shape index (κ3) is 5.09. The van der Waals surface area contributed by atoms with Crippen molar-refractivity contribution in [1.29, 1.82) is 0 Å². The Morgan fingerprint density at radius 3 is 2.72 bits per heavy atom. The SMILES string of the molecule is CCOc1ccc(C)cc1CCC(C)CCNC. The zero-order valence-corrected chi connectivity index (χ0v) is 12.3. The number of aryl methyl sites for hydroxylation is 2. The maximum absolute atomic E-state index is 5.69. The standard InChI is InChI=1S/C16H27NO/c1-5-18-16-9-7-14(3)12-15(16)8-6-13(2)10-11-17-4/h7,9,12-13,17H,5-6,8,10-11H2,1-4H3. The monoisotopic (exact) mass is 249 g/mol. The summed E-state index contributed by atoms with van der Waals surface area (Å²) < 4.78 is 5.69. The number of rotatable bonds is 8. The van der Waals surface area contributed by atoms with E-state index in [1.165, 1.54) is 24.0 Å². The highest BCUT2D eigenvalue weighted by atomic mass is 16.5. The first-order chi connectivity index (χ1) is 8.67. The first-order valence-corrected chi connectivity index (χ1v) is 7.04. The van der Waals surface area contributed by atoms with Crippen LogP contribution < -0.4 is 10.1 Å². The lowest BCUT2D eigenvalue weighted by Gasteiger charge is -2.14. The molecule has 0 heterocycles. The number of nitrogens with one attached hydrogen (secondary N) is 1. The molecule has 1 N–H and O–H groups in total. The molecule has 0 amide bonds. The van der Waals surface area contributed by atoms with Gasteiger partial charge in [0.15, 0.2) is 0 Å². The van der Waals surface area contributed by atoms with E-state index in [0.29, 0.717) is 0 Å². The second-order valence-electron chi connectivity index (χ2n) is 5.08. The molecule has 1 rings (SSSR count). The molecule has 2 nitrogen and oxygen atoms in total. The van der Waals surface area contributed by atoms with E-state index in [1.54, 1.807) is 0 Å². The minimum absolute atomic E-state index is 0.741. The fourth-order valence-corrected chi connectivity index (χ4v) is 2.14. The highest BCUT2D eigenvalue weighted by Crippen LogP contribution is 2.23. The summed E-state index contributed by atoms with van der Waals surface area (Å²) in [7, 11) is 2.01. The first-order valence-electron chi connectivity index (χ1n) is 7.04. The number of hydrogen-bond acceptors (Lipinski definition) is 2. The third-order valence-electron chi connectivity index (χ3n) is 3.31. The molecular formula is C16H27NO. The topological polar surface area (TPSA) is 21.3 Å². The molecule has 0 bridgehead atoms. The van der Waals surface area contributed by atoms with Gasteiger partial charge in [0.25, 0.3) is 0 Å². The van der Waals surface area contributed by atoms with Crippen LogP contribution in [0.15, 0.2) is 18.2 Å². The molecule has 0 spiro atoms. The smallest absolute Gasteiger partial charge is 0.122 e. The minimum atomic E-state index is 0.741. The lowest BCUT2D eigenvalue weighted by atomic mass is 9.97. The van der Waals surface area contributed by atoms with Crippen molar-refractivity contribution in [2.75, 3.05) is 20.2 Å². The molecule has 18 heavy (non-hydrogen) atoms. The van der Waals surface area contributed by atoms with Gasteiger partial charge in [0, 0.05) is 0 Å². The van der Waals surface area contributed by atoms with Crippen LogP contribution in [0.4, 0.5) is 0 Å². The Balaban J connectivity index is 2.56. The fourth-order valence-electron chi connectivity index (χ4n) is 2.14. The Labute approximate surface area is 112 Å². The normalized spacial score (nSPS) is 12.4. The average molecular weight is 249 g/mol. The van der Waals surface area contributed by atoms with Crippen molar-refractivity contribution in [2.45, 2.75) is 40.0 Å². The van der Waals surface area contributed by atoms with Gasteiger partial charge in [-0.3, -0.25) is 0 Å². The van der Waals surface area contributed by atoms with Crippen molar-refractivity contribution in [3.8, 4) is 5.75 Å². The highest BCUT2D eigenvalue weighted by Gasteiger charge is 2.07. The molecule has 1 atom stereocenters. The average Bonchev–Trinajstić information content (AvgIpc) is 2.36. The van der Waals surface area contributed by atoms with Crippen LogP contribution in [0, 0.1) is 12.8 Å². The zero-order valence-electron chi connectivity index (χ0n) is 12.3. The van der Waals surface area contributed by atoms with Crippen molar-refractivity contribution >= 4 is 0 Å². The summed E-state index contributed by atoms with van der Waals surface area (Å²) in [6.07, 6.45) is 3.58. The van der Waals surface area contributed by atoms with Crippen LogP contribution in [0.2, 0.25) is 0 Å². The lowest BCUT2D eigenvalue weighted by molar-refractivity contribution is 0.335. The molecule has 2 heteroatoms. The van der Waals surface area contributed by atoms with E-state index in [9.17, 15) is 0 Å². The van der Waals surface area contributed by atoms with Crippen LogP contribution in [0.25, 0.3) is 0 Å². The maximum Gasteiger partial charge on any atom is 0.122 e. The molecule has 102 valence electrons. The molecule has 0 fully saturated rings. The lowest BCUT2D eigenvalue weighted by Crippen LogP contribution is -2.12. The van der Waals surface area contributed by atoms with Gasteiger partial charge in [-0.1, -0.05) is 24.6 Å². The molecule has 0 aliphatic heterocycles. The van der Waals surface area contributed by atoms with Crippen molar-refractivity contribution < 1.29 is 4.74 Å².